The van der Waals surface area contributed by atoms with Crippen molar-refractivity contribution in [2.24, 2.45) is 29.1 Å². The second-order valence-corrected chi connectivity index (χ2v) is 12.3. The Morgan fingerprint density at radius 3 is 2.39 bits per heavy atom. The molecule has 3 saturated carbocycles. The summed E-state index contributed by atoms with van der Waals surface area (Å²) in [5.74, 6) is 1.58. The molecule has 4 rings (SSSR count). The number of amides is 2. The summed E-state index contributed by atoms with van der Waals surface area (Å²) < 4.78 is 11.7. The molecule has 1 aromatic rings. The van der Waals surface area contributed by atoms with E-state index in [1.807, 2.05) is 0 Å². The SMILES string of the molecule is COc1cc(C#N)c(O[C@H]2CC[C@H](C)CC2)cc1C(=O)N[C@@H]1[C@@H]2CC[C@@H](C2)[C@@H]1C(=O)NCC(C)(C)C. The van der Waals surface area contributed by atoms with E-state index in [9.17, 15) is 14.9 Å². The Bertz CT molecular complexity index is 1020. The molecule has 7 heteroatoms. The fourth-order valence-electron chi connectivity index (χ4n) is 6.19. The van der Waals surface area contributed by atoms with Crippen molar-refractivity contribution in [3.05, 3.63) is 23.3 Å². The molecule has 7 nitrogen and oxygen atoms in total. The van der Waals surface area contributed by atoms with Gasteiger partial charge in [-0.05, 0) is 74.2 Å². The predicted octanol–water partition coefficient (Wildman–Crippen LogP) is 4.83. The van der Waals surface area contributed by atoms with Crippen molar-refractivity contribution in [3.8, 4) is 17.6 Å². The quantitative estimate of drug-likeness (QED) is 0.564. The zero-order chi connectivity index (χ0) is 26.0. The summed E-state index contributed by atoms with van der Waals surface area (Å²) in [5.41, 5.74) is 0.697. The van der Waals surface area contributed by atoms with Crippen LogP contribution in [0.4, 0.5) is 0 Å². The van der Waals surface area contributed by atoms with Crippen LogP contribution >= 0.6 is 0 Å². The van der Waals surface area contributed by atoms with Gasteiger partial charge in [-0.2, -0.15) is 5.26 Å². The van der Waals surface area contributed by atoms with Gasteiger partial charge >= 0.3 is 0 Å². The highest BCUT2D eigenvalue weighted by Gasteiger charge is 2.51. The lowest BCUT2D eigenvalue weighted by Crippen LogP contribution is -2.50. The maximum absolute atomic E-state index is 13.6. The minimum atomic E-state index is -0.287. The minimum Gasteiger partial charge on any atom is -0.496 e. The topological polar surface area (TPSA) is 100 Å². The minimum absolute atomic E-state index is 0.00531. The summed E-state index contributed by atoms with van der Waals surface area (Å²) in [5, 5.41) is 16.0. The van der Waals surface area contributed by atoms with Gasteiger partial charge in [0.1, 0.15) is 17.6 Å². The third kappa shape index (κ3) is 5.79. The highest BCUT2D eigenvalue weighted by atomic mass is 16.5. The number of nitriles is 1. The van der Waals surface area contributed by atoms with E-state index in [1.165, 1.54) is 7.11 Å². The van der Waals surface area contributed by atoms with Gasteiger partial charge in [0.25, 0.3) is 5.91 Å². The molecule has 0 heterocycles. The van der Waals surface area contributed by atoms with Gasteiger partial charge in [-0.15, -0.1) is 0 Å². The van der Waals surface area contributed by atoms with Gasteiger partial charge in [0.15, 0.2) is 0 Å². The number of ether oxygens (including phenoxy) is 2. The van der Waals surface area contributed by atoms with Crippen LogP contribution in [0, 0.1) is 40.4 Å². The molecule has 0 aliphatic heterocycles. The first kappa shape index (κ1) is 26.3. The fraction of sp³-hybridized carbons (Fsp3) is 0.690. The lowest BCUT2D eigenvalue weighted by Gasteiger charge is -2.32. The highest BCUT2D eigenvalue weighted by molar-refractivity contribution is 5.98. The second kappa shape index (κ2) is 10.7. The van der Waals surface area contributed by atoms with Crippen LogP contribution in [-0.4, -0.2) is 37.6 Å². The number of benzene rings is 1. The van der Waals surface area contributed by atoms with Crippen molar-refractivity contribution < 1.29 is 19.1 Å². The average molecular weight is 496 g/mol. The van der Waals surface area contributed by atoms with E-state index in [0.717, 1.165) is 44.9 Å². The number of methoxy groups -OCH3 is 1. The Balaban J connectivity index is 1.53. The van der Waals surface area contributed by atoms with Crippen molar-refractivity contribution >= 4 is 11.8 Å². The Kier molecular flexibility index (Phi) is 7.82. The molecule has 2 N–H and O–H groups in total. The normalized spacial score (nSPS) is 29.3. The van der Waals surface area contributed by atoms with Gasteiger partial charge in [0.05, 0.1) is 30.3 Å². The number of rotatable bonds is 7. The van der Waals surface area contributed by atoms with Crippen molar-refractivity contribution in [2.75, 3.05) is 13.7 Å². The number of hydrogen-bond acceptors (Lipinski definition) is 5. The number of hydrogen-bond donors (Lipinski definition) is 2. The van der Waals surface area contributed by atoms with Crippen molar-refractivity contribution in [1.29, 1.82) is 5.26 Å². The number of nitrogens with one attached hydrogen (secondary N) is 2. The lowest BCUT2D eigenvalue weighted by molar-refractivity contribution is -0.127. The number of fused-ring (bicyclic) bond motifs is 2. The molecular formula is C29H41N3O4. The smallest absolute Gasteiger partial charge is 0.255 e. The van der Waals surface area contributed by atoms with E-state index in [-0.39, 0.29) is 35.3 Å². The van der Waals surface area contributed by atoms with Crippen LogP contribution in [0.2, 0.25) is 0 Å². The first-order valence-corrected chi connectivity index (χ1v) is 13.5. The highest BCUT2D eigenvalue weighted by Crippen LogP contribution is 2.49. The standard InChI is InChI=1S/C29H41N3O4/c1-17-6-10-21(11-7-17)36-23-14-22(24(35-5)13-20(23)15-30)27(33)32-26-19-9-8-18(12-19)25(26)28(34)31-16-29(2,3)4/h13-14,17-19,21,25-26H,6-12,16H2,1-5H3,(H,31,34)(H,32,33)/t17-,18-,19+,21-,25-,26+/m0/s1. The van der Waals surface area contributed by atoms with Gasteiger partial charge in [-0.25, -0.2) is 0 Å². The van der Waals surface area contributed by atoms with E-state index >= 15 is 0 Å². The molecule has 3 aliphatic rings. The summed E-state index contributed by atoms with van der Waals surface area (Å²) in [6.45, 7) is 9.14. The molecule has 196 valence electrons. The average Bonchev–Trinajstić information content (AvgIpc) is 3.45. The number of nitrogens with zero attached hydrogens (tertiary/aromatic N) is 1. The molecule has 0 spiro atoms. The van der Waals surface area contributed by atoms with Crippen molar-refractivity contribution in [1.82, 2.24) is 10.6 Å². The van der Waals surface area contributed by atoms with Crippen LogP contribution in [0.25, 0.3) is 0 Å². The number of carbonyl (C=O) groups is 2. The molecule has 2 amide bonds. The van der Waals surface area contributed by atoms with Gasteiger partial charge in [-0.1, -0.05) is 27.7 Å². The van der Waals surface area contributed by atoms with Crippen molar-refractivity contribution in [3.63, 3.8) is 0 Å². The zero-order valence-electron chi connectivity index (χ0n) is 22.4. The van der Waals surface area contributed by atoms with Gasteiger partial charge in [-0.3, -0.25) is 9.59 Å². The van der Waals surface area contributed by atoms with E-state index < -0.39 is 0 Å². The summed E-state index contributed by atoms with van der Waals surface area (Å²) in [4.78, 5) is 26.7. The first-order chi connectivity index (χ1) is 17.1. The molecule has 1 aromatic carbocycles. The van der Waals surface area contributed by atoms with E-state index in [2.05, 4.69) is 44.4 Å². The van der Waals surface area contributed by atoms with E-state index in [0.29, 0.717) is 46.9 Å². The molecule has 2 bridgehead atoms. The molecule has 0 saturated heterocycles. The third-order valence-electron chi connectivity index (χ3n) is 8.23. The molecule has 3 fully saturated rings. The van der Waals surface area contributed by atoms with Crippen LogP contribution in [0.3, 0.4) is 0 Å². The van der Waals surface area contributed by atoms with Gasteiger partial charge in [0.2, 0.25) is 5.91 Å². The molecular weight excluding hydrogens is 454 g/mol. The molecule has 36 heavy (non-hydrogen) atoms. The molecule has 0 aromatic heterocycles. The number of carbonyl (C=O) groups excluding carboxylic acids is 2. The van der Waals surface area contributed by atoms with Crippen molar-refractivity contribution in [2.45, 2.75) is 84.8 Å². The fourth-order valence-corrected chi connectivity index (χ4v) is 6.19. The Labute approximate surface area is 215 Å². The monoisotopic (exact) mass is 495 g/mol. The largest absolute Gasteiger partial charge is 0.496 e. The molecule has 0 radical (unpaired) electrons. The zero-order valence-corrected chi connectivity index (χ0v) is 22.4. The predicted molar refractivity (Wildman–Crippen MR) is 138 cm³/mol. The summed E-state index contributed by atoms with van der Waals surface area (Å²) >= 11 is 0. The van der Waals surface area contributed by atoms with E-state index in [1.54, 1.807) is 12.1 Å². The van der Waals surface area contributed by atoms with Crippen LogP contribution in [0.5, 0.6) is 11.5 Å². The molecule has 0 unspecified atom stereocenters. The molecule has 4 atom stereocenters. The van der Waals surface area contributed by atoms with Crippen LogP contribution < -0.4 is 20.1 Å². The Morgan fingerprint density at radius 2 is 1.75 bits per heavy atom. The summed E-state index contributed by atoms with van der Waals surface area (Å²) in [6.07, 6.45) is 7.14. The third-order valence-corrected chi connectivity index (χ3v) is 8.23. The lowest BCUT2D eigenvalue weighted by atomic mass is 9.83. The second-order valence-electron chi connectivity index (χ2n) is 12.3. The Morgan fingerprint density at radius 1 is 1.06 bits per heavy atom. The van der Waals surface area contributed by atoms with Gasteiger partial charge in [0, 0.05) is 18.7 Å². The van der Waals surface area contributed by atoms with Crippen LogP contribution in [0.15, 0.2) is 12.1 Å². The van der Waals surface area contributed by atoms with Crippen LogP contribution in [0.1, 0.15) is 88.6 Å². The first-order valence-electron chi connectivity index (χ1n) is 13.5. The summed E-state index contributed by atoms with van der Waals surface area (Å²) in [7, 11) is 1.50. The van der Waals surface area contributed by atoms with Crippen LogP contribution in [-0.2, 0) is 4.79 Å². The summed E-state index contributed by atoms with van der Waals surface area (Å²) in [6, 6.07) is 5.21. The Hall–Kier alpha value is -2.75. The maximum atomic E-state index is 13.6. The maximum Gasteiger partial charge on any atom is 0.255 e. The van der Waals surface area contributed by atoms with Gasteiger partial charge < -0.3 is 20.1 Å². The molecule has 3 aliphatic carbocycles. The van der Waals surface area contributed by atoms with E-state index in [4.69, 9.17) is 9.47 Å².